The summed E-state index contributed by atoms with van der Waals surface area (Å²) in [7, 11) is 0. The quantitative estimate of drug-likeness (QED) is 0.588. The molecule has 0 N–H and O–H groups in total. The molecule has 2 heterocycles. The highest BCUT2D eigenvalue weighted by atomic mass is 16.6. The highest BCUT2D eigenvalue weighted by Gasteiger charge is 2.27. The highest BCUT2D eigenvalue weighted by Crippen LogP contribution is 2.25. The lowest BCUT2D eigenvalue weighted by Crippen LogP contribution is -2.53. The van der Waals surface area contributed by atoms with Crippen molar-refractivity contribution in [2.45, 2.75) is 18.9 Å². The second-order valence-electron chi connectivity index (χ2n) is 7.67. The molecule has 0 spiro atoms. The molecule has 29 heavy (non-hydrogen) atoms. The van der Waals surface area contributed by atoms with Gasteiger partial charge in [0.2, 0.25) is 0 Å². The summed E-state index contributed by atoms with van der Waals surface area (Å²) >= 11 is 0. The summed E-state index contributed by atoms with van der Waals surface area (Å²) in [5.41, 5.74) is 3.10. The van der Waals surface area contributed by atoms with E-state index in [0.29, 0.717) is 11.6 Å². The van der Waals surface area contributed by atoms with Crippen LogP contribution >= 0.6 is 0 Å². The molecule has 2 aromatic rings. The molecule has 2 saturated heterocycles. The predicted octanol–water partition coefficient (Wildman–Crippen LogP) is 3.26. The number of benzene rings is 2. The summed E-state index contributed by atoms with van der Waals surface area (Å²) < 4.78 is 0. The molecule has 0 saturated carbocycles. The van der Waals surface area contributed by atoms with Crippen LogP contribution in [0.5, 0.6) is 0 Å². The van der Waals surface area contributed by atoms with Gasteiger partial charge in [0.25, 0.3) is 5.69 Å². The van der Waals surface area contributed by atoms with Crippen molar-refractivity contribution in [2.75, 3.05) is 49.1 Å². The van der Waals surface area contributed by atoms with Gasteiger partial charge in [-0.2, -0.15) is 5.26 Å². The lowest BCUT2D eigenvalue weighted by Gasteiger charge is -2.43. The first-order chi connectivity index (χ1) is 14.1. The molecule has 7 nitrogen and oxygen atoms in total. The second-order valence-corrected chi connectivity index (χ2v) is 7.67. The lowest BCUT2D eigenvalue weighted by atomic mass is 10.0. The van der Waals surface area contributed by atoms with Gasteiger partial charge in [-0.1, -0.05) is 0 Å². The minimum absolute atomic E-state index is 0.140. The molecule has 2 aliphatic heterocycles. The van der Waals surface area contributed by atoms with Crippen LogP contribution in [0.4, 0.5) is 17.1 Å². The van der Waals surface area contributed by atoms with E-state index in [1.807, 2.05) is 36.4 Å². The van der Waals surface area contributed by atoms with E-state index in [4.69, 9.17) is 5.26 Å². The molecule has 0 radical (unpaired) electrons. The SMILES string of the molecule is N#Cc1ccc(N2CCC(N3CCN(c4ccc([N+](=O)[O-])cc4)CC3)CC2)cc1. The molecule has 2 fully saturated rings. The molecule has 0 atom stereocenters. The Morgan fingerprint density at radius 1 is 0.828 bits per heavy atom. The Morgan fingerprint density at radius 2 is 1.34 bits per heavy atom. The van der Waals surface area contributed by atoms with Gasteiger partial charge in [0, 0.05) is 68.8 Å². The van der Waals surface area contributed by atoms with Gasteiger partial charge in [-0.15, -0.1) is 0 Å². The zero-order valence-electron chi connectivity index (χ0n) is 16.4. The minimum atomic E-state index is -0.355. The molecule has 4 rings (SSSR count). The number of piperidine rings is 1. The maximum absolute atomic E-state index is 10.8. The van der Waals surface area contributed by atoms with Crippen LogP contribution in [-0.4, -0.2) is 55.1 Å². The molecule has 0 aliphatic carbocycles. The van der Waals surface area contributed by atoms with Crippen molar-refractivity contribution < 1.29 is 4.92 Å². The van der Waals surface area contributed by atoms with Crippen LogP contribution < -0.4 is 9.80 Å². The smallest absolute Gasteiger partial charge is 0.269 e. The Kier molecular flexibility index (Phi) is 5.63. The molecule has 2 aromatic carbocycles. The first-order valence-corrected chi connectivity index (χ1v) is 10.1. The second kappa shape index (κ2) is 8.50. The summed E-state index contributed by atoms with van der Waals surface area (Å²) in [5.74, 6) is 0. The molecule has 0 amide bonds. The fourth-order valence-corrected chi connectivity index (χ4v) is 4.37. The third-order valence-corrected chi connectivity index (χ3v) is 6.08. The van der Waals surface area contributed by atoms with Crippen molar-refractivity contribution in [3.05, 3.63) is 64.2 Å². The average molecular weight is 391 g/mol. The van der Waals surface area contributed by atoms with E-state index in [1.165, 1.54) is 5.69 Å². The number of hydrogen-bond acceptors (Lipinski definition) is 6. The average Bonchev–Trinajstić information content (AvgIpc) is 2.79. The summed E-state index contributed by atoms with van der Waals surface area (Å²) in [6.07, 6.45) is 2.30. The summed E-state index contributed by atoms with van der Waals surface area (Å²) in [6, 6.07) is 17.5. The van der Waals surface area contributed by atoms with Crippen LogP contribution in [-0.2, 0) is 0 Å². The van der Waals surface area contributed by atoms with Crippen LogP contribution in [0, 0.1) is 21.4 Å². The molecule has 0 unspecified atom stereocenters. The standard InChI is InChI=1S/C22H25N5O2/c23-17-18-1-3-19(4-2-18)24-11-9-21(10-12-24)26-15-13-25(14-16-26)20-5-7-22(8-6-20)27(28)29/h1-8,21H,9-16H2. The molecule has 0 bridgehead atoms. The van der Waals surface area contributed by atoms with E-state index >= 15 is 0 Å². The first kappa shape index (κ1) is 19.2. The van der Waals surface area contributed by atoms with Gasteiger partial charge in [-0.3, -0.25) is 15.0 Å². The Labute approximate surface area is 170 Å². The number of piperazine rings is 1. The van der Waals surface area contributed by atoms with Gasteiger partial charge in [0.1, 0.15) is 0 Å². The number of nitriles is 1. The summed E-state index contributed by atoms with van der Waals surface area (Å²) in [6.45, 7) is 6.04. The van der Waals surface area contributed by atoms with E-state index < -0.39 is 0 Å². The van der Waals surface area contributed by atoms with Crippen molar-refractivity contribution in [3.8, 4) is 6.07 Å². The molecular formula is C22H25N5O2. The number of nitro benzene ring substituents is 1. The third-order valence-electron chi connectivity index (χ3n) is 6.08. The van der Waals surface area contributed by atoms with Gasteiger partial charge in [0.05, 0.1) is 16.6 Å². The zero-order chi connectivity index (χ0) is 20.2. The van der Waals surface area contributed by atoms with Crippen molar-refractivity contribution >= 4 is 17.1 Å². The summed E-state index contributed by atoms with van der Waals surface area (Å²) in [4.78, 5) is 17.8. The van der Waals surface area contributed by atoms with E-state index in [2.05, 4.69) is 20.8 Å². The topological polar surface area (TPSA) is 76.7 Å². The minimum Gasteiger partial charge on any atom is -0.371 e. The molecule has 2 aliphatic rings. The number of hydrogen-bond donors (Lipinski definition) is 0. The normalized spacial score (nSPS) is 18.4. The monoisotopic (exact) mass is 391 g/mol. The lowest BCUT2D eigenvalue weighted by molar-refractivity contribution is -0.384. The van der Waals surface area contributed by atoms with Crippen LogP contribution in [0.3, 0.4) is 0 Å². The first-order valence-electron chi connectivity index (χ1n) is 10.1. The van der Waals surface area contributed by atoms with E-state index in [1.54, 1.807) is 12.1 Å². The van der Waals surface area contributed by atoms with Crippen molar-refractivity contribution in [1.82, 2.24) is 4.90 Å². The molecule has 150 valence electrons. The maximum atomic E-state index is 10.8. The van der Waals surface area contributed by atoms with E-state index in [-0.39, 0.29) is 10.6 Å². The molecular weight excluding hydrogens is 366 g/mol. The van der Waals surface area contributed by atoms with Crippen molar-refractivity contribution in [2.24, 2.45) is 0 Å². The fraction of sp³-hybridized carbons (Fsp3) is 0.409. The Balaban J connectivity index is 1.27. The summed E-state index contributed by atoms with van der Waals surface area (Å²) in [5, 5.41) is 19.8. The number of rotatable bonds is 4. The van der Waals surface area contributed by atoms with Gasteiger partial charge in [0.15, 0.2) is 0 Å². The molecule has 0 aromatic heterocycles. The van der Waals surface area contributed by atoms with Crippen LogP contribution in [0.2, 0.25) is 0 Å². The van der Waals surface area contributed by atoms with Gasteiger partial charge >= 0.3 is 0 Å². The Hall–Kier alpha value is -3.11. The van der Waals surface area contributed by atoms with Crippen LogP contribution in [0.15, 0.2) is 48.5 Å². The number of non-ortho nitro benzene ring substituents is 1. The van der Waals surface area contributed by atoms with Gasteiger partial charge in [-0.05, 0) is 49.2 Å². The Bertz CT molecular complexity index is 875. The van der Waals surface area contributed by atoms with E-state index in [0.717, 1.165) is 57.8 Å². The zero-order valence-corrected chi connectivity index (χ0v) is 16.4. The third kappa shape index (κ3) is 4.33. The van der Waals surface area contributed by atoms with Crippen LogP contribution in [0.1, 0.15) is 18.4 Å². The largest absolute Gasteiger partial charge is 0.371 e. The van der Waals surface area contributed by atoms with Gasteiger partial charge < -0.3 is 9.80 Å². The fourth-order valence-electron chi connectivity index (χ4n) is 4.37. The number of nitrogens with zero attached hydrogens (tertiary/aromatic N) is 5. The molecule has 7 heteroatoms. The van der Waals surface area contributed by atoms with Crippen LogP contribution in [0.25, 0.3) is 0 Å². The highest BCUT2D eigenvalue weighted by molar-refractivity contribution is 5.51. The van der Waals surface area contributed by atoms with Gasteiger partial charge in [-0.25, -0.2) is 0 Å². The van der Waals surface area contributed by atoms with E-state index in [9.17, 15) is 10.1 Å². The number of anilines is 2. The predicted molar refractivity (Wildman–Crippen MR) is 113 cm³/mol. The maximum Gasteiger partial charge on any atom is 0.269 e. The Morgan fingerprint density at radius 3 is 1.86 bits per heavy atom. The van der Waals surface area contributed by atoms with Crippen molar-refractivity contribution in [3.63, 3.8) is 0 Å². The number of nitro groups is 1. The van der Waals surface area contributed by atoms with Crippen molar-refractivity contribution in [1.29, 1.82) is 5.26 Å².